The van der Waals surface area contributed by atoms with Gasteiger partial charge < -0.3 is 10.6 Å². The van der Waals surface area contributed by atoms with Gasteiger partial charge in [0.1, 0.15) is 22.9 Å². The molecule has 1 aromatic heterocycles. The number of carbonyl (C=O) groups excluding carboxylic acids is 2. The summed E-state index contributed by atoms with van der Waals surface area (Å²) in [4.78, 5) is 28.7. The second-order valence-corrected chi connectivity index (χ2v) is 8.30. The van der Waals surface area contributed by atoms with Gasteiger partial charge >= 0.3 is 12.1 Å². The van der Waals surface area contributed by atoms with E-state index in [-0.39, 0.29) is 34.6 Å². The largest absolute Gasteiger partial charge is 0.458 e. The minimum atomic E-state index is -5.98. The Labute approximate surface area is 189 Å². The molecule has 2 N–H and O–H groups in total. The van der Waals surface area contributed by atoms with Gasteiger partial charge in [-0.05, 0) is 61.1 Å². The number of pyridine rings is 1. The number of rotatable bonds is 6. The quantitative estimate of drug-likeness (QED) is 0.558. The van der Waals surface area contributed by atoms with Gasteiger partial charge in [0.15, 0.2) is 0 Å². The molecule has 12 heteroatoms. The first-order valence-electron chi connectivity index (χ1n) is 10.2. The molecule has 2 aromatic rings. The fraction of sp³-hybridized carbons (Fsp3) is 0.364. The summed E-state index contributed by atoms with van der Waals surface area (Å²) in [6.45, 7) is 0. The van der Waals surface area contributed by atoms with E-state index in [0.29, 0.717) is 37.8 Å². The lowest BCUT2D eigenvalue weighted by molar-refractivity contribution is -0.290. The van der Waals surface area contributed by atoms with Gasteiger partial charge in [0, 0.05) is 5.92 Å². The maximum absolute atomic E-state index is 14.3. The third kappa shape index (κ3) is 4.42. The topological polar surface area (TPSA) is 94.9 Å². The highest BCUT2D eigenvalue weighted by molar-refractivity contribution is 5.99. The molecule has 2 saturated carbocycles. The average molecular weight is 482 g/mol. The molecule has 0 saturated heterocycles. The Morgan fingerprint density at radius 1 is 1.00 bits per heavy atom. The highest BCUT2D eigenvalue weighted by Gasteiger charge is 2.60. The number of benzene rings is 1. The smallest absolute Gasteiger partial charge is 0.310 e. The molecule has 2 aliphatic rings. The van der Waals surface area contributed by atoms with Crippen LogP contribution in [0.15, 0.2) is 30.3 Å². The minimum absolute atomic E-state index is 0.0448. The number of hydrogen-bond donors (Lipinski definition) is 2. The van der Waals surface area contributed by atoms with Gasteiger partial charge in [-0.15, -0.1) is 0 Å². The Balaban J connectivity index is 1.70. The molecular formula is C22H16F6N4O2. The normalized spacial score (nSPS) is 17.0. The molecule has 34 heavy (non-hydrogen) atoms. The molecule has 0 radical (unpaired) electrons. The van der Waals surface area contributed by atoms with Gasteiger partial charge in [0.25, 0.3) is 0 Å². The Morgan fingerprint density at radius 3 is 2.12 bits per heavy atom. The van der Waals surface area contributed by atoms with Gasteiger partial charge in [-0.3, -0.25) is 9.59 Å². The summed E-state index contributed by atoms with van der Waals surface area (Å²) in [5.74, 6) is -8.52. The third-order valence-corrected chi connectivity index (χ3v) is 5.66. The Bertz CT molecular complexity index is 1210. The van der Waals surface area contributed by atoms with Gasteiger partial charge in [0.05, 0.1) is 11.6 Å². The Kier molecular flexibility index (Phi) is 5.54. The molecular weight excluding hydrogens is 466 g/mol. The van der Waals surface area contributed by atoms with Crippen LogP contribution in [0.4, 0.5) is 38.0 Å². The summed E-state index contributed by atoms with van der Waals surface area (Å²) >= 11 is 0. The van der Waals surface area contributed by atoms with Crippen molar-refractivity contribution in [3.8, 4) is 17.2 Å². The lowest BCUT2D eigenvalue weighted by Gasteiger charge is -2.20. The number of aromatic nitrogens is 1. The first-order valence-corrected chi connectivity index (χ1v) is 10.2. The van der Waals surface area contributed by atoms with E-state index in [9.17, 15) is 41.2 Å². The molecule has 2 aliphatic carbocycles. The molecule has 1 aromatic carbocycles. The first-order chi connectivity index (χ1) is 15.9. The third-order valence-electron chi connectivity index (χ3n) is 5.66. The van der Waals surface area contributed by atoms with E-state index in [2.05, 4.69) is 15.6 Å². The van der Waals surface area contributed by atoms with Crippen LogP contribution in [0.25, 0.3) is 11.1 Å². The van der Waals surface area contributed by atoms with E-state index in [0.717, 1.165) is 6.07 Å². The number of carbonyl (C=O) groups is 2. The number of halogens is 6. The lowest BCUT2D eigenvalue weighted by Crippen LogP contribution is -2.34. The fourth-order valence-corrected chi connectivity index (χ4v) is 3.25. The van der Waals surface area contributed by atoms with Gasteiger partial charge in [-0.1, -0.05) is 6.07 Å². The molecule has 178 valence electrons. The number of hydrogen-bond acceptors (Lipinski definition) is 4. The number of nitriles is 1. The van der Waals surface area contributed by atoms with Gasteiger partial charge in [0.2, 0.25) is 11.8 Å². The zero-order valence-corrected chi connectivity index (χ0v) is 17.3. The Morgan fingerprint density at radius 2 is 1.62 bits per heavy atom. The van der Waals surface area contributed by atoms with Crippen molar-refractivity contribution in [2.45, 2.75) is 37.8 Å². The molecule has 0 atom stereocenters. The van der Waals surface area contributed by atoms with E-state index in [1.54, 1.807) is 0 Å². The molecule has 4 rings (SSSR count). The summed E-state index contributed by atoms with van der Waals surface area (Å²) in [7, 11) is 0. The van der Waals surface area contributed by atoms with Crippen LogP contribution in [-0.2, 0) is 15.5 Å². The van der Waals surface area contributed by atoms with Crippen LogP contribution >= 0.6 is 0 Å². The molecule has 2 amide bonds. The number of anilines is 2. The minimum Gasteiger partial charge on any atom is -0.310 e. The SMILES string of the molecule is N#CC1(C(=O)Nc2cc(-c3ccc(C(F)(F)C(F)(F)F)c(F)c3)cc(NC(=O)C3CC3)n2)CC1. The van der Waals surface area contributed by atoms with Crippen molar-refractivity contribution < 1.29 is 35.9 Å². The van der Waals surface area contributed by atoms with Crippen LogP contribution in [0.1, 0.15) is 31.2 Å². The second-order valence-electron chi connectivity index (χ2n) is 8.30. The molecule has 0 spiro atoms. The zero-order chi connectivity index (χ0) is 24.9. The first kappa shape index (κ1) is 23.5. The van der Waals surface area contributed by atoms with Crippen molar-refractivity contribution in [2.75, 3.05) is 10.6 Å². The van der Waals surface area contributed by atoms with Crippen molar-refractivity contribution in [2.24, 2.45) is 11.3 Å². The predicted molar refractivity (Wildman–Crippen MR) is 107 cm³/mol. The van der Waals surface area contributed by atoms with Crippen LogP contribution in [0.2, 0.25) is 0 Å². The van der Waals surface area contributed by atoms with Crippen LogP contribution < -0.4 is 10.6 Å². The predicted octanol–water partition coefficient (Wildman–Crippen LogP) is 5.13. The van der Waals surface area contributed by atoms with Gasteiger partial charge in [-0.2, -0.15) is 27.2 Å². The fourth-order valence-electron chi connectivity index (χ4n) is 3.25. The van der Waals surface area contributed by atoms with E-state index in [4.69, 9.17) is 0 Å². The van der Waals surface area contributed by atoms with Crippen molar-refractivity contribution in [3.05, 3.63) is 41.7 Å². The maximum Gasteiger partial charge on any atom is 0.458 e. The van der Waals surface area contributed by atoms with Crippen LogP contribution in [0.3, 0.4) is 0 Å². The van der Waals surface area contributed by atoms with Crippen molar-refractivity contribution in [3.63, 3.8) is 0 Å². The van der Waals surface area contributed by atoms with Crippen LogP contribution in [0, 0.1) is 28.5 Å². The maximum atomic E-state index is 14.3. The zero-order valence-electron chi connectivity index (χ0n) is 17.3. The molecule has 2 fully saturated rings. The van der Waals surface area contributed by atoms with Gasteiger partial charge in [-0.25, -0.2) is 9.37 Å². The van der Waals surface area contributed by atoms with Crippen molar-refractivity contribution in [1.29, 1.82) is 5.26 Å². The average Bonchev–Trinajstić information content (AvgIpc) is 3.66. The number of amides is 2. The van der Waals surface area contributed by atoms with Crippen molar-refractivity contribution >= 4 is 23.5 Å². The molecule has 0 aliphatic heterocycles. The molecule has 0 bridgehead atoms. The highest BCUT2D eigenvalue weighted by Crippen LogP contribution is 2.46. The van der Waals surface area contributed by atoms with Crippen molar-refractivity contribution in [1.82, 2.24) is 4.98 Å². The van der Waals surface area contributed by atoms with Crippen LogP contribution in [0.5, 0.6) is 0 Å². The summed E-state index contributed by atoms with van der Waals surface area (Å²) in [6, 6.07) is 6.10. The van der Waals surface area contributed by atoms with E-state index in [1.807, 2.05) is 6.07 Å². The summed E-state index contributed by atoms with van der Waals surface area (Å²) in [5.41, 5.74) is -3.05. The number of nitrogens with zero attached hydrogens (tertiary/aromatic N) is 2. The summed E-state index contributed by atoms with van der Waals surface area (Å²) < 4.78 is 79.5. The standard InChI is InChI=1S/C22H16F6N4O2/c23-15-7-12(3-4-14(15)21(24,25)22(26,27)28)13-8-16(31-18(33)11-1-2-11)30-17(9-13)32-19(34)20(10-29)5-6-20/h3-4,7-9,11H,1-2,5-6H2,(H2,30,31,32,33,34). The summed E-state index contributed by atoms with van der Waals surface area (Å²) in [5, 5.41) is 14.2. The number of alkyl halides is 5. The van der Waals surface area contributed by atoms with Crippen LogP contribution in [-0.4, -0.2) is 23.0 Å². The second kappa shape index (κ2) is 8.00. The highest BCUT2D eigenvalue weighted by atomic mass is 19.4. The molecule has 1 heterocycles. The van der Waals surface area contributed by atoms with E-state index >= 15 is 0 Å². The van der Waals surface area contributed by atoms with E-state index in [1.165, 1.54) is 12.1 Å². The lowest BCUT2D eigenvalue weighted by atomic mass is 10.0. The molecule has 6 nitrogen and oxygen atoms in total. The molecule has 0 unspecified atom stereocenters. The van der Waals surface area contributed by atoms with E-state index < -0.39 is 34.8 Å². The summed E-state index contributed by atoms with van der Waals surface area (Å²) in [6.07, 6.45) is -3.93. The number of nitrogens with one attached hydrogen (secondary N) is 2. The monoisotopic (exact) mass is 482 g/mol. The Hall–Kier alpha value is -3.62.